The molecule has 0 spiro atoms. The van der Waals surface area contributed by atoms with E-state index in [1.165, 1.54) is 0 Å². The summed E-state index contributed by atoms with van der Waals surface area (Å²) in [6.07, 6.45) is 1.83. The van der Waals surface area contributed by atoms with E-state index in [0.29, 0.717) is 13.2 Å². The highest BCUT2D eigenvalue weighted by atomic mass is 35.6. The predicted octanol–water partition coefficient (Wildman–Crippen LogP) is 3.62. The molecule has 0 aromatic heterocycles. The van der Waals surface area contributed by atoms with Crippen molar-refractivity contribution in [3.8, 4) is 0 Å². The number of halogens is 3. The van der Waals surface area contributed by atoms with Crippen LogP contribution in [0.5, 0.6) is 0 Å². The summed E-state index contributed by atoms with van der Waals surface area (Å²) in [5.41, 5.74) is 0. The lowest BCUT2D eigenvalue weighted by atomic mass is 10.2. The molecule has 0 N–H and O–H groups in total. The van der Waals surface area contributed by atoms with Gasteiger partial charge in [0.25, 0.3) is 0 Å². The summed E-state index contributed by atoms with van der Waals surface area (Å²) in [5.74, 6) is -0.0766. The zero-order chi connectivity index (χ0) is 9.61. The lowest BCUT2D eigenvalue weighted by molar-refractivity contribution is 0.104. The van der Waals surface area contributed by atoms with Gasteiger partial charge in [-0.25, -0.2) is 0 Å². The van der Waals surface area contributed by atoms with Gasteiger partial charge in [0.05, 0.1) is 6.61 Å². The molecular formula is C8H14Cl3O. The number of hydrogen-bond acceptors (Lipinski definition) is 1. The Morgan fingerprint density at radius 3 is 2.42 bits per heavy atom. The Labute approximate surface area is 89.3 Å². The van der Waals surface area contributed by atoms with Gasteiger partial charge in [0.1, 0.15) is 0 Å². The fraction of sp³-hybridized carbons (Fsp3) is 0.875. The third-order valence-electron chi connectivity index (χ3n) is 1.47. The Balaban J connectivity index is 3.38. The third kappa shape index (κ3) is 6.36. The molecule has 0 fully saturated rings. The van der Waals surface area contributed by atoms with Crippen LogP contribution < -0.4 is 0 Å². The topological polar surface area (TPSA) is 9.23 Å². The quantitative estimate of drug-likeness (QED) is 0.520. The van der Waals surface area contributed by atoms with Gasteiger partial charge in [0, 0.05) is 12.5 Å². The van der Waals surface area contributed by atoms with Crippen molar-refractivity contribution in [3.05, 3.63) is 6.92 Å². The largest absolute Gasteiger partial charge is 0.381 e. The fourth-order valence-corrected chi connectivity index (χ4v) is 0.748. The molecule has 1 atom stereocenters. The van der Waals surface area contributed by atoms with E-state index in [1.54, 1.807) is 0 Å². The van der Waals surface area contributed by atoms with E-state index in [1.807, 2.05) is 6.92 Å². The molecule has 0 rings (SSSR count). The van der Waals surface area contributed by atoms with Gasteiger partial charge >= 0.3 is 0 Å². The van der Waals surface area contributed by atoms with Crippen molar-refractivity contribution in [2.24, 2.45) is 5.92 Å². The van der Waals surface area contributed by atoms with Crippen LogP contribution in [0.15, 0.2) is 0 Å². The maximum atomic E-state index is 5.63. The molecule has 0 aliphatic rings. The molecule has 0 aliphatic heterocycles. The number of ether oxygens (including phenoxy) is 1. The fourth-order valence-electron chi connectivity index (χ4n) is 0.559. The van der Waals surface area contributed by atoms with Gasteiger partial charge in [-0.2, -0.15) is 0 Å². The minimum absolute atomic E-state index is 0.0766. The van der Waals surface area contributed by atoms with Crippen molar-refractivity contribution in [2.45, 2.75) is 23.6 Å². The molecule has 4 heteroatoms. The standard InChI is InChI=1S/C8H14Cl3O/c1-3-4-5-12-6-7(2)8(9,10)11/h7H,1,3-6H2,2H3. The maximum absolute atomic E-state index is 5.63. The maximum Gasteiger partial charge on any atom is 0.195 e. The van der Waals surface area contributed by atoms with Crippen molar-refractivity contribution < 1.29 is 4.74 Å². The van der Waals surface area contributed by atoms with Crippen LogP contribution in [-0.4, -0.2) is 17.0 Å². The average Bonchev–Trinajstić information content (AvgIpc) is 1.96. The first-order valence-electron chi connectivity index (χ1n) is 3.92. The molecule has 1 radical (unpaired) electrons. The summed E-state index contributed by atoms with van der Waals surface area (Å²) in [4.78, 5) is 0. The van der Waals surface area contributed by atoms with Gasteiger partial charge in [-0.15, -0.1) is 0 Å². The van der Waals surface area contributed by atoms with Crippen LogP contribution in [0.25, 0.3) is 0 Å². The molecule has 0 saturated heterocycles. The normalized spacial score (nSPS) is 14.8. The number of hydrogen-bond donors (Lipinski definition) is 0. The predicted molar refractivity (Wildman–Crippen MR) is 54.9 cm³/mol. The number of alkyl halides is 3. The van der Waals surface area contributed by atoms with Gasteiger partial charge in [-0.1, -0.05) is 55.1 Å². The van der Waals surface area contributed by atoms with Crippen molar-refractivity contribution in [2.75, 3.05) is 13.2 Å². The monoisotopic (exact) mass is 231 g/mol. The van der Waals surface area contributed by atoms with Crippen LogP contribution >= 0.6 is 34.8 Å². The van der Waals surface area contributed by atoms with Crippen LogP contribution in [0, 0.1) is 12.8 Å². The molecule has 73 valence electrons. The first-order chi connectivity index (χ1) is 5.48. The Hall–Kier alpha value is 0.830. The van der Waals surface area contributed by atoms with Crippen LogP contribution in [0.4, 0.5) is 0 Å². The number of unbranched alkanes of at least 4 members (excludes halogenated alkanes) is 1. The summed E-state index contributed by atoms with van der Waals surface area (Å²) in [6.45, 7) is 6.71. The summed E-state index contributed by atoms with van der Waals surface area (Å²) < 4.78 is 4.05. The molecule has 0 saturated carbocycles. The molecule has 1 unspecified atom stereocenters. The van der Waals surface area contributed by atoms with Crippen LogP contribution in [0.1, 0.15) is 19.8 Å². The summed E-state index contributed by atoms with van der Waals surface area (Å²) in [6, 6.07) is 0. The van der Waals surface area contributed by atoms with Crippen molar-refractivity contribution in [1.82, 2.24) is 0 Å². The van der Waals surface area contributed by atoms with E-state index >= 15 is 0 Å². The highest BCUT2D eigenvalue weighted by molar-refractivity contribution is 6.67. The van der Waals surface area contributed by atoms with Crippen LogP contribution in [-0.2, 0) is 4.74 Å². The molecular weight excluding hydrogens is 218 g/mol. The van der Waals surface area contributed by atoms with E-state index in [9.17, 15) is 0 Å². The van der Waals surface area contributed by atoms with Crippen molar-refractivity contribution in [1.29, 1.82) is 0 Å². The van der Waals surface area contributed by atoms with Crippen LogP contribution in [0.3, 0.4) is 0 Å². The second-order valence-electron chi connectivity index (χ2n) is 2.72. The molecule has 0 heterocycles. The number of rotatable bonds is 5. The van der Waals surface area contributed by atoms with Gasteiger partial charge in [0.2, 0.25) is 0 Å². The summed E-state index contributed by atoms with van der Waals surface area (Å²) in [5, 5.41) is 0. The Kier molecular flexibility index (Phi) is 6.75. The first-order valence-corrected chi connectivity index (χ1v) is 5.05. The van der Waals surface area contributed by atoms with Crippen molar-refractivity contribution >= 4 is 34.8 Å². The minimum atomic E-state index is -1.22. The van der Waals surface area contributed by atoms with Gasteiger partial charge in [0.15, 0.2) is 3.79 Å². The molecule has 0 bridgehead atoms. The molecule has 0 amide bonds. The zero-order valence-electron chi connectivity index (χ0n) is 7.16. The zero-order valence-corrected chi connectivity index (χ0v) is 9.42. The Bertz CT molecular complexity index is 111. The molecule has 0 aliphatic carbocycles. The summed E-state index contributed by atoms with van der Waals surface area (Å²) in [7, 11) is 0. The lowest BCUT2D eigenvalue weighted by Crippen LogP contribution is -2.21. The van der Waals surface area contributed by atoms with Gasteiger partial charge in [-0.3, -0.25) is 0 Å². The molecule has 1 nitrogen and oxygen atoms in total. The second-order valence-corrected chi connectivity index (χ2v) is 5.09. The van der Waals surface area contributed by atoms with E-state index in [2.05, 4.69) is 6.92 Å². The third-order valence-corrected chi connectivity index (χ3v) is 2.58. The smallest absolute Gasteiger partial charge is 0.195 e. The first kappa shape index (κ1) is 12.8. The van der Waals surface area contributed by atoms with Gasteiger partial charge in [-0.05, 0) is 6.42 Å². The van der Waals surface area contributed by atoms with E-state index in [0.717, 1.165) is 12.8 Å². The van der Waals surface area contributed by atoms with Crippen LogP contribution in [0.2, 0.25) is 0 Å². The van der Waals surface area contributed by atoms with Crippen molar-refractivity contribution in [3.63, 3.8) is 0 Å². The highest BCUT2D eigenvalue weighted by Gasteiger charge is 2.28. The SMILES string of the molecule is [CH2]CCCOCC(C)C(Cl)(Cl)Cl. The van der Waals surface area contributed by atoms with E-state index in [-0.39, 0.29) is 5.92 Å². The minimum Gasteiger partial charge on any atom is -0.381 e. The van der Waals surface area contributed by atoms with E-state index < -0.39 is 3.79 Å². The lowest BCUT2D eigenvalue weighted by Gasteiger charge is -2.19. The second kappa shape index (κ2) is 6.31. The Morgan fingerprint density at radius 2 is 2.00 bits per heavy atom. The van der Waals surface area contributed by atoms with E-state index in [4.69, 9.17) is 39.5 Å². The highest BCUT2D eigenvalue weighted by Crippen LogP contribution is 2.34. The molecule has 0 aromatic carbocycles. The molecule has 12 heavy (non-hydrogen) atoms. The molecule has 0 aromatic rings. The average molecular weight is 233 g/mol. The van der Waals surface area contributed by atoms with Gasteiger partial charge < -0.3 is 4.74 Å². The Morgan fingerprint density at radius 1 is 1.42 bits per heavy atom. The summed E-state index contributed by atoms with van der Waals surface area (Å²) >= 11 is 16.9.